The molecule has 4 amide bonds. The van der Waals surface area contributed by atoms with Gasteiger partial charge in [0.1, 0.15) is 13.1 Å². The first-order chi connectivity index (χ1) is 9.12. The van der Waals surface area contributed by atoms with E-state index >= 15 is 0 Å². The number of likely N-dealkylation sites (N-methyl/N-ethyl adjacent to an activating group) is 2. The maximum atomic E-state index is 11.7. The summed E-state index contributed by atoms with van der Waals surface area (Å²) in [7, 11) is 5.13. The van der Waals surface area contributed by atoms with Crippen molar-refractivity contribution in [1.82, 2.24) is 20.0 Å². The number of amides is 4. The normalized spacial score (nSPS) is 18.7. The first-order valence-corrected chi connectivity index (χ1v) is 6.31. The highest BCUT2D eigenvalue weighted by Crippen LogP contribution is 2.07. The van der Waals surface area contributed by atoms with Gasteiger partial charge in [0, 0.05) is 20.1 Å². The Hall–Kier alpha value is -1.67. The average Bonchev–Trinajstić information content (AvgIpc) is 2.52. The number of carbonyl (C=O) groups excluding carboxylic acids is 3. The Bertz CT molecular complexity index is 408. The summed E-state index contributed by atoms with van der Waals surface area (Å²) in [6, 6.07) is -0.481. The van der Waals surface area contributed by atoms with Gasteiger partial charge in [-0.05, 0) is 21.0 Å². The van der Waals surface area contributed by atoms with Crippen LogP contribution >= 0.6 is 0 Å². The van der Waals surface area contributed by atoms with E-state index in [9.17, 15) is 19.5 Å². The first kappa shape index (κ1) is 16.4. The average molecular weight is 286 g/mol. The molecule has 1 saturated heterocycles. The fraction of sp³-hybridized carbons (Fsp3) is 0.750. The maximum absolute atomic E-state index is 11.7. The second kappa shape index (κ2) is 6.19. The van der Waals surface area contributed by atoms with Gasteiger partial charge in [-0.1, -0.05) is 0 Å². The van der Waals surface area contributed by atoms with E-state index in [1.165, 1.54) is 11.9 Å². The van der Waals surface area contributed by atoms with Gasteiger partial charge in [-0.25, -0.2) is 4.79 Å². The second-order valence-corrected chi connectivity index (χ2v) is 5.63. The van der Waals surface area contributed by atoms with Crippen LogP contribution in [-0.4, -0.2) is 90.6 Å². The molecule has 1 unspecified atom stereocenters. The van der Waals surface area contributed by atoms with Crippen LogP contribution in [0.1, 0.15) is 6.92 Å². The summed E-state index contributed by atoms with van der Waals surface area (Å²) in [4.78, 5) is 38.8. The molecule has 0 saturated carbocycles. The van der Waals surface area contributed by atoms with Crippen LogP contribution < -0.4 is 5.32 Å². The van der Waals surface area contributed by atoms with Crippen molar-refractivity contribution in [1.29, 1.82) is 0 Å². The molecular weight excluding hydrogens is 264 g/mol. The summed E-state index contributed by atoms with van der Waals surface area (Å²) in [5, 5.41) is 12.6. The highest BCUT2D eigenvalue weighted by atomic mass is 16.3. The summed E-state index contributed by atoms with van der Waals surface area (Å²) < 4.78 is 0. The van der Waals surface area contributed by atoms with Gasteiger partial charge in [0.25, 0.3) is 5.91 Å². The Morgan fingerprint density at radius 1 is 1.45 bits per heavy atom. The van der Waals surface area contributed by atoms with Gasteiger partial charge in [0.2, 0.25) is 5.91 Å². The molecule has 1 atom stereocenters. The lowest BCUT2D eigenvalue weighted by molar-refractivity contribution is -0.131. The van der Waals surface area contributed by atoms with Crippen LogP contribution in [-0.2, 0) is 9.59 Å². The summed E-state index contributed by atoms with van der Waals surface area (Å²) in [6.45, 7) is 1.71. The van der Waals surface area contributed by atoms with Crippen LogP contribution in [0.4, 0.5) is 4.79 Å². The third-order valence-electron chi connectivity index (χ3n) is 2.86. The van der Waals surface area contributed by atoms with Gasteiger partial charge in [-0.2, -0.15) is 0 Å². The zero-order valence-electron chi connectivity index (χ0n) is 12.3. The third-order valence-corrected chi connectivity index (χ3v) is 2.86. The van der Waals surface area contributed by atoms with E-state index in [0.717, 1.165) is 4.90 Å². The Balaban J connectivity index is 2.45. The van der Waals surface area contributed by atoms with Crippen molar-refractivity contribution in [2.24, 2.45) is 0 Å². The van der Waals surface area contributed by atoms with Crippen molar-refractivity contribution < 1.29 is 19.5 Å². The van der Waals surface area contributed by atoms with Gasteiger partial charge in [-0.3, -0.25) is 14.5 Å². The minimum atomic E-state index is -1.07. The van der Waals surface area contributed by atoms with E-state index in [4.69, 9.17) is 0 Å². The number of nitrogens with zero attached hydrogens (tertiary/aromatic N) is 3. The lowest BCUT2D eigenvalue weighted by Gasteiger charge is -2.27. The van der Waals surface area contributed by atoms with Crippen molar-refractivity contribution >= 4 is 17.8 Å². The van der Waals surface area contributed by atoms with Crippen LogP contribution in [0.25, 0.3) is 0 Å². The van der Waals surface area contributed by atoms with Crippen molar-refractivity contribution in [3.05, 3.63) is 0 Å². The molecule has 1 rings (SSSR count). The Morgan fingerprint density at radius 3 is 2.50 bits per heavy atom. The number of hydrogen-bond acceptors (Lipinski definition) is 5. The predicted molar refractivity (Wildman–Crippen MR) is 71.9 cm³/mol. The number of urea groups is 1. The van der Waals surface area contributed by atoms with Gasteiger partial charge < -0.3 is 20.2 Å². The largest absolute Gasteiger partial charge is 0.387 e. The zero-order valence-corrected chi connectivity index (χ0v) is 12.3. The van der Waals surface area contributed by atoms with Crippen molar-refractivity contribution in [2.75, 3.05) is 47.3 Å². The number of aliphatic hydroxyl groups is 1. The quantitative estimate of drug-likeness (QED) is 0.568. The molecule has 1 heterocycles. The predicted octanol–water partition coefficient (Wildman–Crippen LogP) is -1.69. The molecule has 0 bridgehead atoms. The highest BCUT2D eigenvalue weighted by Gasteiger charge is 2.35. The Morgan fingerprint density at radius 2 is 2.05 bits per heavy atom. The number of nitrogens with one attached hydrogen (secondary N) is 1. The van der Waals surface area contributed by atoms with Gasteiger partial charge in [-0.15, -0.1) is 0 Å². The first-order valence-electron chi connectivity index (χ1n) is 6.31. The SMILES string of the molecule is CN(C)CC(C)(O)CNC(=O)CN1C(=O)CN(C)C1=O. The van der Waals surface area contributed by atoms with Crippen LogP contribution in [0.5, 0.6) is 0 Å². The van der Waals surface area contributed by atoms with Crippen LogP contribution in [0, 0.1) is 0 Å². The molecule has 8 heteroatoms. The molecule has 114 valence electrons. The van der Waals surface area contributed by atoms with E-state index in [0.29, 0.717) is 6.54 Å². The van der Waals surface area contributed by atoms with Crippen LogP contribution in [0.3, 0.4) is 0 Å². The Labute approximate surface area is 118 Å². The maximum Gasteiger partial charge on any atom is 0.327 e. The topological polar surface area (TPSA) is 93.2 Å². The second-order valence-electron chi connectivity index (χ2n) is 5.63. The number of carbonyl (C=O) groups is 3. The minimum absolute atomic E-state index is 0.00947. The molecule has 0 aromatic heterocycles. The fourth-order valence-corrected chi connectivity index (χ4v) is 2.05. The number of imide groups is 1. The lowest BCUT2D eigenvalue weighted by Crippen LogP contribution is -2.49. The van der Waals surface area contributed by atoms with Gasteiger partial charge >= 0.3 is 6.03 Å². The van der Waals surface area contributed by atoms with E-state index in [1.807, 2.05) is 14.1 Å². The molecule has 0 aromatic carbocycles. The zero-order chi connectivity index (χ0) is 15.5. The number of rotatable bonds is 6. The fourth-order valence-electron chi connectivity index (χ4n) is 2.05. The summed E-state index contributed by atoms with van der Waals surface area (Å²) in [6.07, 6.45) is 0. The van der Waals surface area contributed by atoms with Gasteiger partial charge in [0.15, 0.2) is 0 Å². The molecule has 1 aliphatic rings. The Kier molecular flexibility index (Phi) is 5.07. The molecule has 2 N–H and O–H groups in total. The van der Waals surface area contributed by atoms with E-state index in [1.54, 1.807) is 11.8 Å². The van der Waals surface area contributed by atoms with Crippen LogP contribution in [0.15, 0.2) is 0 Å². The van der Waals surface area contributed by atoms with Crippen LogP contribution in [0.2, 0.25) is 0 Å². The summed E-state index contributed by atoms with van der Waals surface area (Å²) >= 11 is 0. The summed E-state index contributed by atoms with van der Waals surface area (Å²) in [5.41, 5.74) is -1.07. The van der Waals surface area contributed by atoms with E-state index < -0.39 is 23.4 Å². The molecule has 0 spiro atoms. The highest BCUT2D eigenvalue weighted by molar-refractivity contribution is 6.04. The smallest absolute Gasteiger partial charge is 0.327 e. The van der Waals surface area contributed by atoms with Crippen molar-refractivity contribution in [3.63, 3.8) is 0 Å². The number of hydrogen-bond donors (Lipinski definition) is 2. The standard InChI is InChI=1S/C12H22N4O4/c1-12(20,8-14(2)3)7-13-9(17)5-16-10(18)6-15(4)11(16)19/h20H,5-8H2,1-4H3,(H,13,17). The molecule has 1 fully saturated rings. The molecule has 0 aliphatic carbocycles. The summed E-state index contributed by atoms with van der Waals surface area (Å²) in [5.74, 6) is -0.867. The molecular formula is C12H22N4O4. The molecule has 8 nitrogen and oxygen atoms in total. The monoisotopic (exact) mass is 286 g/mol. The van der Waals surface area contributed by atoms with E-state index in [-0.39, 0.29) is 19.6 Å². The van der Waals surface area contributed by atoms with Crippen molar-refractivity contribution in [3.8, 4) is 0 Å². The molecule has 20 heavy (non-hydrogen) atoms. The molecule has 0 aromatic rings. The third kappa shape index (κ3) is 4.46. The van der Waals surface area contributed by atoms with Gasteiger partial charge in [0.05, 0.1) is 5.60 Å². The minimum Gasteiger partial charge on any atom is -0.387 e. The molecule has 0 radical (unpaired) electrons. The van der Waals surface area contributed by atoms with E-state index in [2.05, 4.69) is 5.32 Å². The molecule has 1 aliphatic heterocycles. The lowest BCUT2D eigenvalue weighted by atomic mass is 10.1. The van der Waals surface area contributed by atoms with Crippen molar-refractivity contribution in [2.45, 2.75) is 12.5 Å².